The maximum absolute atomic E-state index is 3.71. The number of rotatable bonds is 3. The van der Waals surface area contributed by atoms with Gasteiger partial charge in [0.2, 0.25) is 0 Å². The maximum atomic E-state index is 3.71. The van der Waals surface area contributed by atoms with Crippen LogP contribution in [0.4, 0.5) is 0 Å². The minimum absolute atomic E-state index is 0.384. The number of hydrazine groups is 1. The summed E-state index contributed by atoms with van der Waals surface area (Å²) in [6.07, 6.45) is 3.97. The fraction of sp³-hybridized carbons (Fsp3) is 0.625. The van der Waals surface area contributed by atoms with Gasteiger partial charge >= 0.3 is 0 Å². The second kappa shape index (κ2) is 5.85. The summed E-state index contributed by atoms with van der Waals surface area (Å²) in [5, 5.41) is 2.46. The molecule has 1 aliphatic rings. The number of hydrogen-bond donors (Lipinski definition) is 1. The Morgan fingerprint density at radius 2 is 1.78 bits per heavy atom. The van der Waals surface area contributed by atoms with E-state index in [-0.39, 0.29) is 0 Å². The van der Waals surface area contributed by atoms with Crippen LogP contribution in [0, 0.1) is 6.92 Å². The van der Waals surface area contributed by atoms with Gasteiger partial charge in [-0.25, -0.2) is 10.4 Å². The molecule has 1 saturated heterocycles. The van der Waals surface area contributed by atoms with Crippen molar-refractivity contribution in [2.24, 2.45) is 0 Å². The van der Waals surface area contributed by atoms with Crippen LogP contribution in [-0.4, -0.2) is 17.1 Å². The van der Waals surface area contributed by atoms with Gasteiger partial charge in [0.1, 0.15) is 0 Å². The Bertz CT molecular complexity index is 378. The van der Waals surface area contributed by atoms with Gasteiger partial charge in [0, 0.05) is 18.1 Å². The lowest BCUT2D eigenvalue weighted by Crippen LogP contribution is -2.52. The van der Waals surface area contributed by atoms with Gasteiger partial charge < -0.3 is 0 Å². The number of aryl methyl sites for hydroxylation is 1. The zero-order chi connectivity index (χ0) is 13.1. The van der Waals surface area contributed by atoms with E-state index in [9.17, 15) is 0 Å². The summed E-state index contributed by atoms with van der Waals surface area (Å²) in [5.41, 5.74) is 6.48. The van der Waals surface area contributed by atoms with Crippen LogP contribution < -0.4 is 5.43 Å². The van der Waals surface area contributed by atoms with Crippen LogP contribution in [0.2, 0.25) is 0 Å². The highest BCUT2D eigenvalue weighted by Gasteiger charge is 2.26. The second-order valence-electron chi connectivity index (χ2n) is 5.74. The number of hydrogen-bond acceptors (Lipinski definition) is 2. The standard InChI is InChI=1S/C16H26N2/c1-12-8-5-6-11-16(12)15(4)17-18-13(2)9-7-10-14(18)3/h5-6,8,11,13-15,17H,7,9-10H2,1-4H3. The Kier molecular flexibility index (Phi) is 4.41. The lowest BCUT2D eigenvalue weighted by molar-refractivity contribution is 0.0319. The first kappa shape index (κ1) is 13.6. The summed E-state index contributed by atoms with van der Waals surface area (Å²) in [5.74, 6) is 0. The van der Waals surface area contributed by atoms with Gasteiger partial charge in [-0.05, 0) is 51.7 Å². The first-order valence-electron chi connectivity index (χ1n) is 7.19. The van der Waals surface area contributed by atoms with Crippen LogP contribution in [-0.2, 0) is 0 Å². The minimum Gasteiger partial charge on any atom is -0.247 e. The largest absolute Gasteiger partial charge is 0.247 e. The van der Waals surface area contributed by atoms with Crippen molar-refractivity contribution in [3.63, 3.8) is 0 Å². The molecule has 0 radical (unpaired) electrons. The van der Waals surface area contributed by atoms with E-state index in [1.807, 2.05) is 0 Å². The molecule has 3 atom stereocenters. The summed E-state index contributed by atoms with van der Waals surface area (Å²) in [7, 11) is 0. The highest BCUT2D eigenvalue weighted by atomic mass is 15.5. The summed E-state index contributed by atoms with van der Waals surface area (Å²) in [6.45, 7) is 9.10. The van der Waals surface area contributed by atoms with Crippen molar-refractivity contribution in [2.75, 3.05) is 0 Å². The van der Waals surface area contributed by atoms with Crippen molar-refractivity contribution >= 4 is 0 Å². The van der Waals surface area contributed by atoms with Crippen LogP contribution in [0.3, 0.4) is 0 Å². The Balaban J connectivity index is 2.06. The average molecular weight is 246 g/mol. The van der Waals surface area contributed by atoms with Crippen LogP contribution in [0.15, 0.2) is 24.3 Å². The van der Waals surface area contributed by atoms with E-state index in [1.165, 1.54) is 30.4 Å². The van der Waals surface area contributed by atoms with Crippen LogP contribution in [0.25, 0.3) is 0 Å². The Morgan fingerprint density at radius 3 is 2.39 bits per heavy atom. The molecule has 1 aromatic carbocycles. The van der Waals surface area contributed by atoms with Crippen LogP contribution >= 0.6 is 0 Å². The number of benzene rings is 1. The highest BCUT2D eigenvalue weighted by Crippen LogP contribution is 2.24. The Labute approximate surface area is 111 Å². The molecular weight excluding hydrogens is 220 g/mol. The smallest absolute Gasteiger partial charge is 0.0439 e. The molecule has 1 fully saturated rings. The highest BCUT2D eigenvalue weighted by molar-refractivity contribution is 5.28. The molecule has 18 heavy (non-hydrogen) atoms. The molecule has 3 unspecified atom stereocenters. The molecule has 1 aromatic rings. The second-order valence-corrected chi connectivity index (χ2v) is 5.74. The van der Waals surface area contributed by atoms with Crippen LogP contribution in [0.1, 0.15) is 57.2 Å². The predicted octanol–water partition coefficient (Wildman–Crippen LogP) is 3.82. The van der Waals surface area contributed by atoms with Crippen molar-refractivity contribution in [3.05, 3.63) is 35.4 Å². The molecule has 0 amide bonds. The lowest BCUT2D eigenvalue weighted by atomic mass is 9.99. The van der Waals surface area contributed by atoms with Gasteiger partial charge in [0.25, 0.3) is 0 Å². The van der Waals surface area contributed by atoms with E-state index < -0.39 is 0 Å². The lowest BCUT2D eigenvalue weighted by Gasteiger charge is -2.41. The zero-order valence-electron chi connectivity index (χ0n) is 12.1. The number of nitrogens with one attached hydrogen (secondary N) is 1. The quantitative estimate of drug-likeness (QED) is 0.872. The molecule has 0 bridgehead atoms. The molecule has 0 aromatic heterocycles. The monoisotopic (exact) mass is 246 g/mol. The molecule has 0 aliphatic carbocycles. The van der Waals surface area contributed by atoms with E-state index >= 15 is 0 Å². The van der Waals surface area contributed by atoms with Crippen molar-refractivity contribution in [1.82, 2.24) is 10.4 Å². The fourth-order valence-electron chi connectivity index (χ4n) is 3.04. The van der Waals surface area contributed by atoms with E-state index in [4.69, 9.17) is 0 Å². The van der Waals surface area contributed by atoms with Crippen LogP contribution in [0.5, 0.6) is 0 Å². The number of piperidine rings is 1. The van der Waals surface area contributed by atoms with E-state index in [2.05, 4.69) is 62.4 Å². The molecule has 1 aliphatic heterocycles. The van der Waals surface area contributed by atoms with Gasteiger partial charge in [-0.1, -0.05) is 30.7 Å². The SMILES string of the molecule is Cc1ccccc1C(C)NN1C(C)CCCC1C. The summed E-state index contributed by atoms with van der Waals surface area (Å²) in [6, 6.07) is 10.3. The maximum Gasteiger partial charge on any atom is 0.0439 e. The zero-order valence-corrected chi connectivity index (χ0v) is 12.1. The fourth-order valence-corrected chi connectivity index (χ4v) is 3.04. The summed E-state index contributed by atoms with van der Waals surface area (Å²) >= 11 is 0. The summed E-state index contributed by atoms with van der Waals surface area (Å²) in [4.78, 5) is 0. The van der Waals surface area contributed by atoms with E-state index in [0.29, 0.717) is 18.1 Å². The molecule has 1 heterocycles. The van der Waals surface area contributed by atoms with E-state index in [1.54, 1.807) is 0 Å². The Morgan fingerprint density at radius 1 is 1.17 bits per heavy atom. The minimum atomic E-state index is 0.384. The molecule has 2 rings (SSSR count). The normalized spacial score (nSPS) is 27.1. The average Bonchev–Trinajstić information content (AvgIpc) is 2.34. The third-order valence-electron chi connectivity index (χ3n) is 4.19. The topological polar surface area (TPSA) is 15.3 Å². The van der Waals surface area contributed by atoms with Crippen molar-refractivity contribution in [2.45, 2.75) is 65.1 Å². The van der Waals surface area contributed by atoms with Gasteiger partial charge in [0.15, 0.2) is 0 Å². The van der Waals surface area contributed by atoms with Gasteiger partial charge in [0.05, 0.1) is 0 Å². The van der Waals surface area contributed by atoms with Gasteiger partial charge in [-0.15, -0.1) is 0 Å². The molecular formula is C16H26N2. The predicted molar refractivity (Wildman–Crippen MR) is 77.3 cm³/mol. The number of nitrogens with zero attached hydrogens (tertiary/aromatic N) is 1. The Hall–Kier alpha value is -0.860. The van der Waals surface area contributed by atoms with Gasteiger partial charge in [-0.2, -0.15) is 0 Å². The molecule has 0 saturated carbocycles. The van der Waals surface area contributed by atoms with Crippen molar-refractivity contribution in [1.29, 1.82) is 0 Å². The van der Waals surface area contributed by atoms with Crippen molar-refractivity contribution < 1.29 is 0 Å². The molecule has 2 nitrogen and oxygen atoms in total. The molecule has 1 N–H and O–H groups in total. The first-order chi connectivity index (χ1) is 8.59. The van der Waals surface area contributed by atoms with Gasteiger partial charge in [-0.3, -0.25) is 0 Å². The van der Waals surface area contributed by atoms with E-state index in [0.717, 1.165) is 0 Å². The van der Waals surface area contributed by atoms with Crippen molar-refractivity contribution in [3.8, 4) is 0 Å². The molecule has 2 heteroatoms. The molecule has 100 valence electrons. The molecule has 0 spiro atoms. The third kappa shape index (κ3) is 2.93. The summed E-state index contributed by atoms with van der Waals surface area (Å²) < 4.78 is 0. The third-order valence-corrected chi connectivity index (χ3v) is 4.19. The first-order valence-corrected chi connectivity index (χ1v) is 7.19.